The van der Waals surface area contributed by atoms with Crippen LogP contribution in [-0.4, -0.2) is 64.3 Å². The molecule has 0 amide bonds. The number of Topliss-reactive ketones (excluding diaryl/α,β-unsaturated/α-hetero) is 1. The molecule has 8 heteroatoms. The van der Waals surface area contributed by atoms with E-state index >= 15 is 0 Å². The number of benzene rings is 2. The van der Waals surface area contributed by atoms with Crippen molar-refractivity contribution in [2.24, 2.45) is 0 Å². The van der Waals surface area contributed by atoms with Gasteiger partial charge in [-0.15, -0.1) is 0 Å². The van der Waals surface area contributed by atoms with Crippen molar-refractivity contribution in [2.75, 3.05) is 13.2 Å². The maximum Gasteiger partial charge on any atom is 0.261 e. The Morgan fingerprint density at radius 1 is 0.957 bits per heavy atom. The Hall–Kier alpha value is -1.66. The van der Waals surface area contributed by atoms with Crippen molar-refractivity contribution in [3.05, 3.63) is 60.7 Å². The molecule has 2 aliphatic rings. The molecule has 2 aliphatic heterocycles. The molecular formula is C38H60O6Si2. The van der Waals surface area contributed by atoms with Crippen LogP contribution < -0.4 is 10.4 Å². The lowest BCUT2D eigenvalue weighted by atomic mass is 9.88. The van der Waals surface area contributed by atoms with Gasteiger partial charge < -0.3 is 23.4 Å². The van der Waals surface area contributed by atoms with Gasteiger partial charge in [-0.05, 0) is 72.6 Å². The predicted molar refractivity (Wildman–Crippen MR) is 192 cm³/mol. The number of hydrogen-bond acceptors (Lipinski definition) is 6. The van der Waals surface area contributed by atoms with E-state index < -0.39 is 28.0 Å². The molecule has 0 radical (unpaired) electrons. The van der Waals surface area contributed by atoms with Crippen molar-refractivity contribution in [1.29, 1.82) is 0 Å². The number of hydrogen-bond donors (Lipinski definition) is 1. The number of fused-ring (bicyclic) bond motifs is 2. The number of carbonyl (C=O) groups is 1. The second-order valence-electron chi connectivity index (χ2n) is 14.9. The van der Waals surface area contributed by atoms with Crippen LogP contribution in [0.4, 0.5) is 0 Å². The molecular weight excluding hydrogens is 609 g/mol. The molecule has 1 N–H and O–H groups in total. The van der Waals surface area contributed by atoms with Crippen molar-refractivity contribution in [3.63, 3.8) is 0 Å². The maximum atomic E-state index is 13.4. The number of ketones is 1. The Morgan fingerprint density at radius 2 is 1.54 bits per heavy atom. The Kier molecular flexibility index (Phi) is 12.7. The highest BCUT2D eigenvalue weighted by Crippen LogP contribution is 2.40. The van der Waals surface area contributed by atoms with Gasteiger partial charge in [-0.3, -0.25) is 4.79 Å². The summed E-state index contributed by atoms with van der Waals surface area (Å²) in [4.78, 5) is 13.4. The van der Waals surface area contributed by atoms with Crippen molar-refractivity contribution in [1.82, 2.24) is 0 Å². The largest absolute Gasteiger partial charge is 0.414 e. The summed E-state index contributed by atoms with van der Waals surface area (Å²) in [6.45, 7) is 16.5. The van der Waals surface area contributed by atoms with Crippen molar-refractivity contribution >= 4 is 32.8 Å². The quantitative estimate of drug-likeness (QED) is 0.166. The molecule has 2 aromatic carbocycles. The Balaban J connectivity index is 1.50. The van der Waals surface area contributed by atoms with E-state index in [-0.39, 0.29) is 29.5 Å². The zero-order valence-electron chi connectivity index (χ0n) is 29.6. The summed E-state index contributed by atoms with van der Waals surface area (Å²) >= 11 is 0. The summed E-state index contributed by atoms with van der Waals surface area (Å²) in [5.41, 5.74) is -1.43. The van der Waals surface area contributed by atoms with E-state index in [2.05, 4.69) is 102 Å². The highest BCUT2D eigenvalue weighted by molar-refractivity contribution is 6.99. The summed E-state index contributed by atoms with van der Waals surface area (Å²) in [7, 11) is -4.64. The van der Waals surface area contributed by atoms with Crippen LogP contribution >= 0.6 is 0 Å². The first-order valence-corrected chi connectivity index (χ1v) is 22.3. The van der Waals surface area contributed by atoms with E-state index in [0.29, 0.717) is 32.5 Å². The van der Waals surface area contributed by atoms with E-state index in [0.717, 1.165) is 43.8 Å². The van der Waals surface area contributed by atoms with Gasteiger partial charge >= 0.3 is 0 Å². The van der Waals surface area contributed by atoms with Gasteiger partial charge in [0.15, 0.2) is 19.9 Å². The van der Waals surface area contributed by atoms with E-state index in [9.17, 15) is 9.90 Å². The predicted octanol–water partition coefficient (Wildman–Crippen LogP) is 7.52. The van der Waals surface area contributed by atoms with Crippen LogP contribution in [0.1, 0.15) is 99.8 Å². The van der Waals surface area contributed by atoms with Gasteiger partial charge in [-0.25, -0.2) is 0 Å². The first-order valence-electron chi connectivity index (χ1n) is 17.8. The summed E-state index contributed by atoms with van der Waals surface area (Å²) in [6, 6.07) is 24.6. The monoisotopic (exact) mass is 668 g/mol. The van der Waals surface area contributed by atoms with Crippen LogP contribution in [0.5, 0.6) is 0 Å². The lowest BCUT2D eigenvalue weighted by molar-refractivity contribution is -0.194. The number of rotatable bonds is 18. The van der Waals surface area contributed by atoms with Gasteiger partial charge in [0.25, 0.3) is 8.32 Å². The second kappa shape index (κ2) is 15.7. The van der Waals surface area contributed by atoms with Gasteiger partial charge in [-0.1, -0.05) is 102 Å². The molecule has 6 nitrogen and oxygen atoms in total. The zero-order valence-corrected chi connectivity index (χ0v) is 31.6. The maximum absolute atomic E-state index is 13.4. The fourth-order valence-electron chi connectivity index (χ4n) is 7.62. The van der Waals surface area contributed by atoms with E-state index in [4.69, 9.17) is 18.3 Å². The summed E-state index contributed by atoms with van der Waals surface area (Å²) in [6.07, 6.45) is 5.38. The molecule has 46 heavy (non-hydrogen) atoms. The number of aliphatic hydroxyl groups is 1. The molecule has 0 aliphatic carbocycles. The number of ether oxygens (including phenoxy) is 2. The van der Waals surface area contributed by atoms with E-state index in [1.54, 1.807) is 6.92 Å². The molecule has 0 spiro atoms. The van der Waals surface area contributed by atoms with Crippen molar-refractivity contribution in [3.8, 4) is 0 Å². The molecule has 4 rings (SSSR count). The molecule has 2 bridgehead atoms. The van der Waals surface area contributed by atoms with Crippen LogP contribution in [0.15, 0.2) is 60.7 Å². The third kappa shape index (κ3) is 8.49. The summed E-state index contributed by atoms with van der Waals surface area (Å²) in [5.74, 6) is -0.789. The molecule has 0 unspecified atom stereocenters. The highest BCUT2D eigenvalue weighted by atomic mass is 28.4. The number of carbonyl (C=O) groups excluding carboxylic acids is 1. The third-order valence-electron chi connectivity index (χ3n) is 10.8. The average molecular weight is 669 g/mol. The van der Waals surface area contributed by atoms with Crippen LogP contribution in [0.25, 0.3) is 0 Å². The van der Waals surface area contributed by atoms with Gasteiger partial charge in [0.2, 0.25) is 0 Å². The fourth-order valence-corrected chi connectivity index (χ4v) is 15.1. The lowest BCUT2D eigenvalue weighted by Gasteiger charge is -2.43. The zero-order chi connectivity index (χ0) is 33.5. The normalized spacial score (nSPS) is 22.4. The van der Waals surface area contributed by atoms with Crippen LogP contribution in [-0.2, 0) is 23.1 Å². The van der Waals surface area contributed by atoms with Crippen molar-refractivity contribution < 1.29 is 28.2 Å². The molecule has 256 valence electrons. The first-order chi connectivity index (χ1) is 21.8. The average Bonchev–Trinajstić information content (AvgIpc) is 3.35. The van der Waals surface area contributed by atoms with Crippen LogP contribution in [0.3, 0.4) is 0 Å². The molecule has 2 aromatic rings. The van der Waals surface area contributed by atoms with Gasteiger partial charge in [-0.2, -0.15) is 0 Å². The molecule has 2 heterocycles. The Bertz CT molecular complexity index is 1170. The highest BCUT2D eigenvalue weighted by Gasteiger charge is 2.50. The van der Waals surface area contributed by atoms with Crippen LogP contribution in [0.2, 0.25) is 23.2 Å². The smallest absolute Gasteiger partial charge is 0.261 e. The third-order valence-corrected chi connectivity index (χ3v) is 20.6. The van der Waals surface area contributed by atoms with Gasteiger partial charge in [0.1, 0.15) is 5.60 Å². The molecule has 0 aromatic heterocycles. The van der Waals surface area contributed by atoms with E-state index in [1.165, 1.54) is 10.4 Å². The van der Waals surface area contributed by atoms with E-state index in [1.807, 2.05) is 0 Å². The van der Waals surface area contributed by atoms with Gasteiger partial charge in [0, 0.05) is 32.0 Å². The minimum absolute atomic E-state index is 0.0943. The molecule has 0 saturated carbocycles. The molecule has 4 atom stereocenters. The lowest BCUT2D eigenvalue weighted by Crippen LogP contribution is -2.66. The Labute approximate surface area is 280 Å². The first kappa shape index (κ1) is 37.2. The standard InChI is InChI=1S/C38H60O6Si2/c1-8-45(9-2,10-3)44-31(23-27-37(7,40)35(39)24-28-38-26-17-18-32(43-38)30-41-38)25-29-42-46(36(4,5)6,33-19-13-11-14-20-33)34-21-15-12-16-22-34/h11-16,19-22,31-32,40H,8-10,17-18,23-30H2,1-7H3/t31-,32+,37+,38+/m1/s1. The Morgan fingerprint density at radius 3 is 2.09 bits per heavy atom. The van der Waals surface area contributed by atoms with Gasteiger partial charge in [0.05, 0.1) is 12.7 Å². The summed E-state index contributed by atoms with van der Waals surface area (Å²) < 4.78 is 26.4. The fraction of sp³-hybridized carbons (Fsp3) is 0.658. The minimum atomic E-state index is -2.68. The van der Waals surface area contributed by atoms with Crippen LogP contribution in [0, 0.1) is 0 Å². The topological polar surface area (TPSA) is 74.2 Å². The molecule has 2 fully saturated rings. The minimum Gasteiger partial charge on any atom is -0.414 e. The second-order valence-corrected chi connectivity index (χ2v) is 23.9. The SMILES string of the molecule is CC[Si](CC)(CC)O[C@@H](CCO[Si](c1ccccc1)(c1ccccc1)C(C)(C)C)CC[C@](C)(O)C(=O)CC[C@@]12CCC[C@@H](CO1)O2. The summed E-state index contributed by atoms with van der Waals surface area (Å²) in [5, 5.41) is 13.9. The molecule has 2 saturated heterocycles. The van der Waals surface area contributed by atoms with Crippen molar-refractivity contribution in [2.45, 2.75) is 147 Å².